The number of rotatable bonds is 2. The molecule has 0 aromatic rings. The molecule has 15 heavy (non-hydrogen) atoms. The number of hydrogen-bond donors (Lipinski definition) is 2. The van der Waals surface area contributed by atoms with Crippen molar-refractivity contribution in [2.45, 2.75) is 39.0 Å². The lowest BCUT2D eigenvalue weighted by Gasteiger charge is -2.42. The summed E-state index contributed by atoms with van der Waals surface area (Å²) in [6.45, 7) is 2.00. The zero-order valence-electron chi connectivity index (χ0n) is 9.20. The Hall–Kier alpha value is -1.06. The second kappa shape index (κ2) is 4.21. The third kappa shape index (κ3) is 2.30. The van der Waals surface area contributed by atoms with Gasteiger partial charge in [-0.2, -0.15) is 5.10 Å². The Kier molecular flexibility index (Phi) is 2.93. The van der Waals surface area contributed by atoms with E-state index in [0.717, 1.165) is 17.5 Å². The number of nitrogens with one attached hydrogen (secondary N) is 1. The van der Waals surface area contributed by atoms with Crippen molar-refractivity contribution in [3.8, 4) is 0 Å². The Morgan fingerprint density at radius 1 is 1.33 bits per heavy atom. The predicted molar refractivity (Wildman–Crippen MR) is 59.4 cm³/mol. The molecule has 4 heteroatoms. The minimum atomic E-state index is -0.574. The van der Waals surface area contributed by atoms with E-state index in [2.05, 4.69) is 10.5 Å². The molecule has 3 aliphatic carbocycles. The minimum absolute atomic E-state index is 0.573. The lowest BCUT2D eigenvalue weighted by molar-refractivity contribution is 0.138. The summed E-state index contributed by atoms with van der Waals surface area (Å²) in [6.07, 6.45) is 6.69. The van der Waals surface area contributed by atoms with Crippen molar-refractivity contribution in [1.82, 2.24) is 5.43 Å². The van der Waals surface area contributed by atoms with E-state index in [0.29, 0.717) is 5.92 Å². The van der Waals surface area contributed by atoms with Gasteiger partial charge in [0, 0.05) is 11.6 Å². The first kappa shape index (κ1) is 10.5. The van der Waals surface area contributed by atoms with Crippen molar-refractivity contribution >= 4 is 11.7 Å². The third-order valence-electron chi connectivity index (χ3n) is 3.93. The topological polar surface area (TPSA) is 67.5 Å². The zero-order valence-corrected chi connectivity index (χ0v) is 9.20. The summed E-state index contributed by atoms with van der Waals surface area (Å²) in [5, 5.41) is 4.06. The maximum atomic E-state index is 10.6. The summed E-state index contributed by atoms with van der Waals surface area (Å²) < 4.78 is 0. The Morgan fingerprint density at radius 2 is 2.00 bits per heavy atom. The van der Waals surface area contributed by atoms with Gasteiger partial charge in [-0.05, 0) is 38.0 Å². The minimum Gasteiger partial charge on any atom is -0.350 e. The molecule has 0 aromatic carbocycles. The number of amides is 2. The molecule has 84 valence electrons. The zero-order chi connectivity index (χ0) is 10.8. The summed E-state index contributed by atoms with van der Waals surface area (Å²) in [4.78, 5) is 10.6. The number of urea groups is 1. The Labute approximate surface area is 90.3 Å². The second-order valence-corrected chi connectivity index (χ2v) is 4.85. The standard InChI is InChI=1S/C11H19N3O/c1-7(13-14-11(12)15)10-6-8-2-4-9(10)5-3-8/h8-10H,2-6H2,1H3,(H3,12,14,15)/b13-7+/t8?,9?,10-/m0/s1. The highest BCUT2D eigenvalue weighted by Gasteiger charge is 2.36. The lowest BCUT2D eigenvalue weighted by Crippen LogP contribution is -2.36. The van der Waals surface area contributed by atoms with E-state index in [1.807, 2.05) is 6.92 Å². The molecule has 3 fully saturated rings. The maximum Gasteiger partial charge on any atom is 0.332 e. The van der Waals surface area contributed by atoms with Gasteiger partial charge in [0.25, 0.3) is 0 Å². The summed E-state index contributed by atoms with van der Waals surface area (Å²) in [5.41, 5.74) is 8.36. The van der Waals surface area contributed by atoms with E-state index in [4.69, 9.17) is 5.73 Å². The molecule has 3 aliphatic rings. The average Bonchev–Trinajstić information content (AvgIpc) is 2.27. The van der Waals surface area contributed by atoms with Crippen LogP contribution in [0.25, 0.3) is 0 Å². The summed E-state index contributed by atoms with van der Waals surface area (Å²) in [7, 11) is 0. The van der Waals surface area contributed by atoms with Crippen LogP contribution in [-0.2, 0) is 0 Å². The smallest absolute Gasteiger partial charge is 0.332 e. The van der Waals surface area contributed by atoms with E-state index in [1.54, 1.807) is 0 Å². The number of nitrogens with two attached hydrogens (primary N) is 1. The molecule has 1 atom stereocenters. The highest BCUT2D eigenvalue weighted by molar-refractivity contribution is 5.86. The SMILES string of the molecule is C/C(=N\NC(N)=O)[C@@H]1CC2CCC1CC2. The highest BCUT2D eigenvalue weighted by Crippen LogP contribution is 2.45. The van der Waals surface area contributed by atoms with Crippen LogP contribution in [0, 0.1) is 17.8 Å². The molecule has 0 spiro atoms. The summed E-state index contributed by atoms with van der Waals surface area (Å²) >= 11 is 0. The van der Waals surface area contributed by atoms with Crippen LogP contribution in [0.2, 0.25) is 0 Å². The van der Waals surface area contributed by atoms with Gasteiger partial charge in [-0.15, -0.1) is 0 Å². The summed E-state index contributed by atoms with van der Waals surface area (Å²) in [6, 6.07) is -0.574. The van der Waals surface area contributed by atoms with E-state index < -0.39 is 6.03 Å². The van der Waals surface area contributed by atoms with Gasteiger partial charge in [0.1, 0.15) is 0 Å². The van der Waals surface area contributed by atoms with Crippen LogP contribution < -0.4 is 11.2 Å². The molecule has 0 aliphatic heterocycles. The van der Waals surface area contributed by atoms with Crippen LogP contribution in [0.5, 0.6) is 0 Å². The number of nitrogens with zero attached hydrogens (tertiary/aromatic N) is 1. The quantitative estimate of drug-likeness (QED) is 0.529. The van der Waals surface area contributed by atoms with Gasteiger partial charge in [0.15, 0.2) is 0 Å². The van der Waals surface area contributed by atoms with E-state index >= 15 is 0 Å². The molecular weight excluding hydrogens is 190 g/mol. The van der Waals surface area contributed by atoms with Gasteiger partial charge in [-0.25, -0.2) is 10.2 Å². The van der Waals surface area contributed by atoms with Gasteiger partial charge in [0.05, 0.1) is 0 Å². The van der Waals surface area contributed by atoms with Crippen LogP contribution in [-0.4, -0.2) is 11.7 Å². The molecule has 0 aromatic heterocycles. The Bertz CT molecular complexity index is 280. The normalized spacial score (nSPS) is 35.3. The number of fused-ring (bicyclic) bond motifs is 3. The molecule has 2 bridgehead atoms. The maximum absolute atomic E-state index is 10.6. The van der Waals surface area contributed by atoms with Crippen molar-refractivity contribution in [3.05, 3.63) is 0 Å². The molecule has 3 rings (SSSR count). The largest absolute Gasteiger partial charge is 0.350 e. The predicted octanol–water partition coefficient (Wildman–Crippen LogP) is 1.86. The number of hydrazone groups is 1. The molecule has 2 amide bonds. The molecule has 0 saturated heterocycles. The van der Waals surface area contributed by atoms with E-state index in [9.17, 15) is 4.79 Å². The van der Waals surface area contributed by atoms with Gasteiger partial charge in [-0.3, -0.25) is 0 Å². The molecule has 3 N–H and O–H groups in total. The number of hydrogen-bond acceptors (Lipinski definition) is 2. The molecule has 0 heterocycles. The fourth-order valence-corrected chi connectivity index (χ4v) is 3.12. The molecule has 4 nitrogen and oxygen atoms in total. The first-order chi connectivity index (χ1) is 7.16. The molecule has 0 unspecified atom stereocenters. The first-order valence-corrected chi connectivity index (χ1v) is 5.76. The number of carbonyl (C=O) groups excluding carboxylic acids is 1. The molecule has 3 saturated carbocycles. The van der Waals surface area contributed by atoms with Gasteiger partial charge >= 0.3 is 6.03 Å². The van der Waals surface area contributed by atoms with Crippen molar-refractivity contribution in [2.75, 3.05) is 0 Å². The van der Waals surface area contributed by atoms with Gasteiger partial charge in [-0.1, -0.05) is 12.8 Å². The fourth-order valence-electron chi connectivity index (χ4n) is 3.12. The van der Waals surface area contributed by atoms with Crippen molar-refractivity contribution < 1.29 is 4.79 Å². The van der Waals surface area contributed by atoms with Crippen LogP contribution in [0.1, 0.15) is 39.0 Å². The van der Waals surface area contributed by atoms with Crippen LogP contribution in [0.15, 0.2) is 5.10 Å². The monoisotopic (exact) mass is 209 g/mol. The van der Waals surface area contributed by atoms with Crippen LogP contribution in [0.4, 0.5) is 4.79 Å². The van der Waals surface area contributed by atoms with Crippen molar-refractivity contribution in [3.63, 3.8) is 0 Å². The van der Waals surface area contributed by atoms with Crippen molar-refractivity contribution in [2.24, 2.45) is 28.6 Å². The van der Waals surface area contributed by atoms with E-state index in [-0.39, 0.29) is 0 Å². The fraction of sp³-hybridized carbons (Fsp3) is 0.818. The van der Waals surface area contributed by atoms with Crippen LogP contribution >= 0.6 is 0 Å². The van der Waals surface area contributed by atoms with Crippen LogP contribution in [0.3, 0.4) is 0 Å². The Morgan fingerprint density at radius 3 is 2.47 bits per heavy atom. The number of primary amides is 1. The number of carbonyl (C=O) groups is 1. The van der Waals surface area contributed by atoms with Gasteiger partial charge in [0.2, 0.25) is 0 Å². The van der Waals surface area contributed by atoms with Gasteiger partial charge < -0.3 is 5.73 Å². The van der Waals surface area contributed by atoms with E-state index in [1.165, 1.54) is 32.1 Å². The lowest BCUT2D eigenvalue weighted by atomic mass is 9.63. The highest BCUT2D eigenvalue weighted by atomic mass is 16.2. The average molecular weight is 209 g/mol. The second-order valence-electron chi connectivity index (χ2n) is 4.85. The molecular formula is C11H19N3O. The van der Waals surface area contributed by atoms with Crippen molar-refractivity contribution in [1.29, 1.82) is 0 Å². The Balaban J connectivity index is 1.98. The third-order valence-corrected chi connectivity index (χ3v) is 3.93. The molecule has 0 radical (unpaired) electrons. The first-order valence-electron chi connectivity index (χ1n) is 5.76. The summed E-state index contributed by atoms with van der Waals surface area (Å²) in [5.74, 6) is 2.25.